The van der Waals surface area contributed by atoms with Gasteiger partial charge in [0.25, 0.3) is 0 Å². The first-order valence-corrected chi connectivity index (χ1v) is 12.0. The Morgan fingerprint density at radius 3 is 2.00 bits per heavy atom. The highest BCUT2D eigenvalue weighted by Gasteiger charge is 2.25. The van der Waals surface area contributed by atoms with Crippen molar-refractivity contribution in [1.29, 1.82) is 0 Å². The first kappa shape index (κ1) is 22.4. The zero-order valence-corrected chi connectivity index (χ0v) is 20.2. The molecule has 2 heterocycles. The fourth-order valence-electron chi connectivity index (χ4n) is 4.29. The second-order valence-corrected chi connectivity index (χ2v) is 11.5. The molecule has 0 saturated heterocycles. The molecular weight excluding hydrogens is 374 g/mol. The van der Waals surface area contributed by atoms with Crippen LogP contribution >= 0.6 is 11.9 Å². The van der Waals surface area contributed by atoms with E-state index in [1.165, 1.54) is 65.9 Å². The van der Waals surface area contributed by atoms with E-state index in [2.05, 4.69) is 71.2 Å². The SMILES string of the molecule is Cc1c(SN)cc(-c2cc(C(C)(C)C)nc(C(C)(C)C)c2)n1CC1CCCCC1. The van der Waals surface area contributed by atoms with Crippen LogP contribution in [0.25, 0.3) is 11.3 Å². The lowest BCUT2D eigenvalue weighted by Crippen LogP contribution is -2.20. The first-order chi connectivity index (χ1) is 13.5. The predicted octanol–water partition coefficient (Wildman–Crippen LogP) is 7.00. The molecule has 2 N–H and O–H groups in total. The lowest BCUT2D eigenvalue weighted by Gasteiger charge is -2.26. The second kappa shape index (κ2) is 8.47. The van der Waals surface area contributed by atoms with Crippen LogP contribution in [0.15, 0.2) is 23.1 Å². The number of pyridine rings is 1. The highest BCUT2D eigenvalue weighted by atomic mass is 32.2. The van der Waals surface area contributed by atoms with Gasteiger partial charge in [-0.2, -0.15) is 0 Å². The molecule has 3 rings (SSSR count). The molecule has 0 spiro atoms. The highest BCUT2D eigenvalue weighted by molar-refractivity contribution is 7.97. The average molecular weight is 414 g/mol. The molecule has 0 atom stereocenters. The number of aromatic nitrogens is 2. The molecule has 1 fully saturated rings. The summed E-state index contributed by atoms with van der Waals surface area (Å²) in [4.78, 5) is 6.24. The minimum absolute atomic E-state index is 0.0112. The van der Waals surface area contributed by atoms with Crippen molar-refractivity contribution in [2.45, 2.75) is 103 Å². The van der Waals surface area contributed by atoms with Gasteiger partial charge < -0.3 is 4.57 Å². The van der Waals surface area contributed by atoms with Crippen molar-refractivity contribution < 1.29 is 0 Å². The summed E-state index contributed by atoms with van der Waals surface area (Å²) in [6, 6.07) is 6.88. The predicted molar refractivity (Wildman–Crippen MR) is 126 cm³/mol. The highest BCUT2D eigenvalue weighted by Crippen LogP contribution is 2.36. The maximum Gasteiger partial charge on any atom is 0.0495 e. The minimum Gasteiger partial charge on any atom is -0.343 e. The van der Waals surface area contributed by atoms with E-state index >= 15 is 0 Å². The molecule has 0 bridgehead atoms. The Balaban J connectivity index is 2.13. The van der Waals surface area contributed by atoms with E-state index in [0.717, 1.165) is 23.9 Å². The molecule has 0 aromatic carbocycles. The fourth-order valence-corrected chi connectivity index (χ4v) is 4.75. The van der Waals surface area contributed by atoms with Crippen LogP contribution in [0.4, 0.5) is 0 Å². The van der Waals surface area contributed by atoms with Crippen molar-refractivity contribution in [2.75, 3.05) is 0 Å². The third-order valence-corrected chi connectivity index (χ3v) is 6.94. The van der Waals surface area contributed by atoms with Gasteiger partial charge in [0.15, 0.2) is 0 Å². The average Bonchev–Trinajstić information content (AvgIpc) is 2.97. The van der Waals surface area contributed by atoms with Crippen molar-refractivity contribution in [2.24, 2.45) is 11.1 Å². The molecule has 0 radical (unpaired) electrons. The third kappa shape index (κ3) is 5.08. The molecule has 1 aliphatic rings. The monoisotopic (exact) mass is 413 g/mol. The molecule has 160 valence electrons. The number of rotatable bonds is 4. The summed E-state index contributed by atoms with van der Waals surface area (Å²) < 4.78 is 2.53. The van der Waals surface area contributed by atoms with Crippen LogP contribution < -0.4 is 5.14 Å². The van der Waals surface area contributed by atoms with Crippen molar-refractivity contribution in [3.8, 4) is 11.3 Å². The third-order valence-electron chi connectivity index (χ3n) is 6.27. The van der Waals surface area contributed by atoms with Crippen molar-refractivity contribution in [3.05, 3.63) is 35.3 Å². The maximum atomic E-state index is 6.03. The van der Waals surface area contributed by atoms with E-state index in [9.17, 15) is 0 Å². The summed E-state index contributed by atoms with van der Waals surface area (Å²) in [5.41, 5.74) is 6.20. The van der Waals surface area contributed by atoms with Gasteiger partial charge in [-0.3, -0.25) is 10.1 Å². The van der Waals surface area contributed by atoms with Crippen molar-refractivity contribution in [3.63, 3.8) is 0 Å². The largest absolute Gasteiger partial charge is 0.343 e. The topological polar surface area (TPSA) is 43.8 Å². The number of hydrogen-bond donors (Lipinski definition) is 1. The minimum atomic E-state index is 0.0112. The molecule has 0 amide bonds. The fraction of sp³-hybridized carbons (Fsp3) is 0.640. The number of nitrogens with two attached hydrogens (primary N) is 1. The molecule has 1 saturated carbocycles. The van der Waals surface area contributed by atoms with Gasteiger partial charge in [-0.05, 0) is 55.8 Å². The standard InChI is InChI=1S/C25H39N3S/c1-17-21(29-26)15-20(28(17)16-18-11-9-8-10-12-18)19-13-22(24(2,3)4)27-23(14-19)25(5,6)7/h13-15,18H,8-12,16,26H2,1-7H3. The zero-order chi connectivity index (χ0) is 21.4. The van der Waals surface area contributed by atoms with Crippen molar-refractivity contribution >= 4 is 11.9 Å². The zero-order valence-electron chi connectivity index (χ0n) is 19.4. The molecule has 4 heteroatoms. The van der Waals surface area contributed by atoms with Crippen LogP contribution in [0.1, 0.15) is 90.7 Å². The van der Waals surface area contributed by atoms with E-state index in [1.54, 1.807) is 0 Å². The van der Waals surface area contributed by atoms with Crippen LogP contribution in [-0.2, 0) is 17.4 Å². The van der Waals surface area contributed by atoms with E-state index in [1.807, 2.05) is 0 Å². The van der Waals surface area contributed by atoms with Gasteiger partial charge in [-0.1, -0.05) is 60.8 Å². The van der Waals surface area contributed by atoms with Gasteiger partial charge >= 0.3 is 0 Å². The van der Waals surface area contributed by atoms with Crippen LogP contribution in [0.5, 0.6) is 0 Å². The van der Waals surface area contributed by atoms with Gasteiger partial charge in [-0.15, -0.1) is 0 Å². The lowest BCUT2D eigenvalue weighted by atomic mass is 9.86. The molecule has 0 unspecified atom stereocenters. The number of nitrogens with zero attached hydrogens (tertiary/aromatic N) is 2. The van der Waals surface area contributed by atoms with Gasteiger partial charge in [-0.25, -0.2) is 0 Å². The van der Waals surface area contributed by atoms with E-state index in [0.29, 0.717) is 0 Å². The summed E-state index contributed by atoms with van der Waals surface area (Å²) in [6.45, 7) is 16.8. The lowest BCUT2D eigenvalue weighted by molar-refractivity contribution is 0.318. The first-order valence-electron chi connectivity index (χ1n) is 11.1. The van der Waals surface area contributed by atoms with Crippen LogP contribution in [0.3, 0.4) is 0 Å². The van der Waals surface area contributed by atoms with Gasteiger partial charge in [0.05, 0.1) is 0 Å². The van der Waals surface area contributed by atoms with Gasteiger partial charge in [0, 0.05) is 50.6 Å². The Morgan fingerprint density at radius 2 is 1.52 bits per heavy atom. The van der Waals surface area contributed by atoms with Crippen LogP contribution in [0, 0.1) is 12.8 Å². The van der Waals surface area contributed by atoms with Crippen LogP contribution in [0.2, 0.25) is 0 Å². The van der Waals surface area contributed by atoms with Crippen molar-refractivity contribution in [1.82, 2.24) is 9.55 Å². The maximum absolute atomic E-state index is 6.03. The summed E-state index contributed by atoms with van der Waals surface area (Å²) in [6.07, 6.45) is 6.83. The normalized spacial score (nSPS) is 16.4. The quantitative estimate of drug-likeness (QED) is 0.549. The van der Waals surface area contributed by atoms with Gasteiger partial charge in [0.1, 0.15) is 0 Å². The smallest absolute Gasteiger partial charge is 0.0495 e. The molecule has 0 aliphatic heterocycles. The summed E-state index contributed by atoms with van der Waals surface area (Å²) in [5.74, 6) is 0.773. The van der Waals surface area contributed by atoms with Crippen LogP contribution in [-0.4, -0.2) is 9.55 Å². The van der Waals surface area contributed by atoms with Gasteiger partial charge in [0.2, 0.25) is 0 Å². The molecule has 1 aliphatic carbocycles. The van der Waals surface area contributed by atoms with E-state index in [4.69, 9.17) is 10.1 Å². The Hall–Kier alpha value is -1.26. The summed E-state index contributed by atoms with van der Waals surface area (Å²) >= 11 is 1.37. The molecule has 29 heavy (non-hydrogen) atoms. The molecule has 2 aromatic heterocycles. The Labute approximate surface area is 182 Å². The molecule has 3 nitrogen and oxygen atoms in total. The number of hydrogen-bond acceptors (Lipinski definition) is 3. The Bertz CT molecular complexity index is 814. The molecule has 2 aromatic rings. The Kier molecular flexibility index (Phi) is 6.55. The Morgan fingerprint density at radius 1 is 0.966 bits per heavy atom. The summed E-state index contributed by atoms with van der Waals surface area (Å²) in [7, 11) is 0. The second-order valence-electron chi connectivity index (χ2n) is 10.8. The molecular formula is C25H39N3S. The van der Waals surface area contributed by atoms with E-state index in [-0.39, 0.29) is 10.8 Å². The summed E-state index contributed by atoms with van der Waals surface area (Å²) in [5, 5.41) is 6.03. The van der Waals surface area contributed by atoms with E-state index < -0.39 is 0 Å².